The van der Waals surface area contributed by atoms with Gasteiger partial charge >= 0.3 is 0 Å². The Morgan fingerprint density at radius 2 is 1.84 bits per heavy atom. The molecule has 1 aliphatic carbocycles. The van der Waals surface area contributed by atoms with Crippen molar-refractivity contribution in [1.82, 2.24) is 5.32 Å². The molecule has 2 N–H and O–H groups in total. The van der Waals surface area contributed by atoms with Crippen molar-refractivity contribution >= 4 is 5.91 Å². The van der Waals surface area contributed by atoms with Gasteiger partial charge in [-0.2, -0.15) is 0 Å². The number of benzene rings is 2. The first-order chi connectivity index (χ1) is 12.1. The maximum absolute atomic E-state index is 12.6. The molecule has 0 saturated heterocycles. The molecule has 0 radical (unpaired) electrons. The van der Waals surface area contributed by atoms with Crippen LogP contribution in [0.25, 0.3) is 0 Å². The summed E-state index contributed by atoms with van der Waals surface area (Å²) in [6, 6.07) is 14.4. The number of fused-ring (bicyclic) bond motifs is 1. The summed E-state index contributed by atoms with van der Waals surface area (Å²) in [5.74, 6) is 0.855. The maximum Gasteiger partial charge on any atom is 0.251 e. The van der Waals surface area contributed by atoms with Gasteiger partial charge in [-0.1, -0.05) is 6.07 Å². The predicted octanol–water partition coefficient (Wildman–Crippen LogP) is 1.80. The second-order valence-electron chi connectivity index (χ2n) is 6.95. The molecule has 4 nitrogen and oxygen atoms in total. The molecule has 0 bridgehead atoms. The van der Waals surface area contributed by atoms with Crippen LogP contribution < -0.4 is 15.0 Å². The average molecular weight is 339 g/mol. The highest BCUT2D eigenvalue weighted by molar-refractivity contribution is 5.94. The number of carbonyl (C=O) groups is 1. The van der Waals surface area contributed by atoms with Gasteiger partial charge in [-0.05, 0) is 66.8 Å². The molecule has 2 aromatic carbocycles. The van der Waals surface area contributed by atoms with Crippen LogP contribution >= 0.6 is 0 Å². The normalized spacial score (nSPS) is 14.2. The number of methoxy groups -OCH3 is 1. The second-order valence-corrected chi connectivity index (χ2v) is 6.95. The third-order valence-corrected chi connectivity index (χ3v) is 5.04. The SMILES string of the molecule is COc1ccc([C@H](CNC(=O)c2ccc3c(c2)CCC3)[NH+](C)C)cc1. The number of rotatable bonds is 6. The number of carbonyl (C=O) groups excluding carboxylic acids is 1. The summed E-state index contributed by atoms with van der Waals surface area (Å²) >= 11 is 0. The molecule has 0 spiro atoms. The summed E-state index contributed by atoms with van der Waals surface area (Å²) in [5.41, 5.74) is 4.68. The summed E-state index contributed by atoms with van der Waals surface area (Å²) in [6.45, 7) is 0.602. The Labute approximate surface area is 149 Å². The van der Waals surface area contributed by atoms with Gasteiger partial charge in [0.15, 0.2) is 0 Å². The van der Waals surface area contributed by atoms with Crippen LogP contribution in [-0.2, 0) is 12.8 Å². The fraction of sp³-hybridized carbons (Fsp3) is 0.381. The molecular formula is C21H27N2O2+. The lowest BCUT2D eigenvalue weighted by molar-refractivity contribution is -0.890. The van der Waals surface area contributed by atoms with Gasteiger partial charge in [0.05, 0.1) is 27.7 Å². The average Bonchev–Trinajstić information content (AvgIpc) is 3.09. The summed E-state index contributed by atoms with van der Waals surface area (Å²) in [5, 5.41) is 3.11. The summed E-state index contributed by atoms with van der Waals surface area (Å²) in [6.07, 6.45) is 3.43. The molecule has 1 atom stereocenters. The third kappa shape index (κ3) is 4.02. The Bertz CT molecular complexity index is 738. The quantitative estimate of drug-likeness (QED) is 0.843. The second kappa shape index (κ2) is 7.70. The van der Waals surface area contributed by atoms with Gasteiger partial charge in [0.1, 0.15) is 11.8 Å². The summed E-state index contributed by atoms with van der Waals surface area (Å²) in [4.78, 5) is 13.8. The number of likely N-dealkylation sites (N-methyl/N-ethyl adjacent to an activating group) is 1. The zero-order chi connectivity index (χ0) is 17.8. The first kappa shape index (κ1) is 17.5. The molecule has 3 rings (SSSR count). The van der Waals surface area contributed by atoms with Crippen molar-refractivity contribution in [3.05, 3.63) is 64.7 Å². The molecule has 1 amide bonds. The van der Waals surface area contributed by atoms with Gasteiger partial charge < -0.3 is 15.0 Å². The van der Waals surface area contributed by atoms with E-state index in [1.807, 2.05) is 18.2 Å². The monoisotopic (exact) mass is 339 g/mol. The van der Waals surface area contributed by atoms with Crippen molar-refractivity contribution in [3.8, 4) is 5.75 Å². The summed E-state index contributed by atoms with van der Waals surface area (Å²) < 4.78 is 5.23. The van der Waals surface area contributed by atoms with Crippen molar-refractivity contribution in [1.29, 1.82) is 0 Å². The van der Waals surface area contributed by atoms with Crippen LogP contribution in [0.3, 0.4) is 0 Å². The van der Waals surface area contributed by atoms with Gasteiger partial charge in [-0.3, -0.25) is 4.79 Å². The predicted molar refractivity (Wildman–Crippen MR) is 99.3 cm³/mol. The van der Waals surface area contributed by atoms with Crippen molar-refractivity contribution in [2.45, 2.75) is 25.3 Å². The lowest BCUT2D eigenvalue weighted by Gasteiger charge is -2.22. The molecule has 0 saturated carbocycles. The van der Waals surface area contributed by atoms with E-state index in [2.05, 4.69) is 43.7 Å². The van der Waals surface area contributed by atoms with E-state index in [4.69, 9.17) is 4.74 Å². The Hall–Kier alpha value is -2.33. The lowest BCUT2D eigenvalue weighted by Crippen LogP contribution is -3.07. The highest BCUT2D eigenvalue weighted by Gasteiger charge is 2.20. The van der Waals surface area contributed by atoms with Crippen LogP contribution in [-0.4, -0.2) is 33.7 Å². The van der Waals surface area contributed by atoms with E-state index in [1.165, 1.54) is 28.0 Å². The Morgan fingerprint density at radius 1 is 1.12 bits per heavy atom. The Kier molecular flexibility index (Phi) is 5.39. The number of quaternary nitrogens is 1. The van der Waals surface area contributed by atoms with E-state index in [1.54, 1.807) is 7.11 Å². The molecule has 2 aromatic rings. The molecule has 25 heavy (non-hydrogen) atoms. The van der Waals surface area contributed by atoms with E-state index in [0.717, 1.165) is 24.2 Å². The first-order valence-corrected chi connectivity index (χ1v) is 8.92. The van der Waals surface area contributed by atoms with Gasteiger partial charge in [-0.25, -0.2) is 0 Å². The largest absolute Gasteiger partial charge is 0.497 e. The number of nitrogens with one attached hydrogen (secondary N) is 2. The van der Waals surface area contributed by atoms with Crippen molar-refractivity contribution in [2.75, 3.05) is 27.7 Å². The molecule has 0 aliphatic heterocycles. The molecule has 0 unspecified atom stereocenters. The van der Waals surface area contributed by atoms with E-state index in [9.17, 15) is 4.79 Å². The number of hydrogen-bond acceptors (Lipinski definition) is 2. The van der Waals surface area contributed by atoms with Crippen LogP contribution in [0.4, 0.5) is 0 Å². The molecule has 0 aromatic heterocycles. The first-order valence-electron chi connectivity index (χ1n) is 8.92. The van der Waals surface area contributed by atoms with Crippen LogP contribution in [0.2, 0.25) is 0 Å². The van der Waals surface area contributed by atoms with Gasteiger partial charge in [0.2, 0.25) is 0 Å². The Balaban J connectivity index is 1.67. The van der Waals surface area contributed by atoms with Crippen molar-refractivity contribution < 1.29 is 14.4 Å². The van der Waals surface area contributed by atoms with Crippen molar-refractivity contribution in [3.63, 3.8) is 0 Å². The van der Waals surface area contributed by atoms with E-state index >= 15 is 0 Å². The standard InChI is InChI=1S/C21H26N2O2/c1-23(2)20(16-9-11-19(25-3)12-10-16)14-22-21(24)18-8-7-15-5-4-6-17(15)13-18/h7-13,20H,4-6,14H2,1-3H3,(H,22,24)/p+1/t20-/m0/s1. The highest BCUT2D eigenvalue weighted by atomic mass is 16.5. The van der Waals surface area contributed by atoms with E-state index in [-0.39, 0.29) is 11.9 Å². The molecule has 132 valence electrons. The fourth-order valence-corrected chi connectivity index (χ4v) is 3.50. The minimum absolute atomic E-state index is 0.00876. The molecule has 4 heteroatoms. The number of aryl methyl sites for hydroxylation is 2. The minimum Gasteiger partial charge on any atom is -0.497 e. The van der Waals surface area contributed by atoms with Crippen LogP contribution in [0.15, 0.2) is 42.5 Å². The number of hydrogen-bond donors (Lipinski definition) is 2. The van der Waals surface area contributed by atoms with E-state index in [0.29, 0.717) is 6.54 Å². The van der Waals surface area contributed by atoms with Gasteiger partial charge in [-0.15, -0.1) is 0 Å². The number of ether oxygens (including phenoxy) is 1. The zero-order valence-corrected chi connectivity index (χ0v) is 15.3. The lowest BCUT2D eigenvalue weighted by atomic mass is 10.0. The summed E-state index contributed by atoms with van der Waals surface area (Å²) in [7, 11) is 5.88. The zero-order valence-electron chi connectivity index (χ0n) is 15.3. The molecule has 0 fully saturated rings. The van der Waals surface area contributed by atoms with Crippen molar-refractivity contribution in [2.24, 2.45) is 0 Å². The Morgan fingerprint density at radius 3 is 2.52 bits per heavy atom. The van der Waals surface area contributed by atoms with Gasteiger partial charge in [0, 0.05) is 11.1 Å². The number of amides is 1. The van der Waals surface area contributed by atoms with Crippen LogP contribution in [0.1, 0.15) is 39.5 Å². The maximum atomic E-state index is 12.6. The molecule has 1 aliphatic rings. The molecular weight excluding hydrogens is 312 g/mol. The fourth-order valence-electron chi connectivity index (χ4n) is 3.50. The van der Waals surface area contributed by atoms with Crippen LogP contribution in [0.5, 0.6) is 5.75 Å². The highest BCUT2D eigenvalue weighted by Crippen LogP contribution is 2.23. The van der Waals surface area contributed by atoms with Crippen LogP contribution in [0, 0.1) is 0 Å². The molecule has 0 heterocycles. The topological polar surface area (TPSA) is 42.8 Å². The van der Waals surface area contributed by atoms with Gasteiger partial charge in [0.25, 0.3) is 5.91 Å². The van der Waals surface area contributed by atoms with E-state index < -0.39 is 0 Å². The third-order valence-electron chi connectivity index (χ3n) is 5.04. The minimum atomic E-state index is 0.00876. The smallest absolute Gasteiger partial charge is 0.251 e.